The Labute approximate surface area is 170 Å². The van der Waals surface area contributed by atoms with Gasteiger partial charge in [0.15, 0.2) is 5.69 Å². The lowest BCUT2D eigenvalue weighted by Gasteiger charge is -2.33. The second-order valence-electron chi connectivity index (χ2n) is 7.10. The molecule has 0 spiro atoms. The van der Waals surface area contributed by atoms with E-state index in [2.05, 4.69) is 5.16 Å². The number of hydrogen-bond donors (Lipinski definition) is 0. The summed E-state index contributed by atoms with van der Waals surface area (Å²) in [6, 6.07) is 5.95. The number of ether oxygens (including phenoxy) is 2. The molecule has 0 radical (unpaired) electrons. The summed E-state index contributed by atoms with van der Waals surface area (Å²) in [5.41, 5.74) is 3.09. The van der Waals surface area contributed by atoms with Gasteiger partial charge in [-0.05, 0) is 39.3 Å². The second kappa shape index (κ2) is 8.98. The number of amides is 2. The van der Waals surface area contributed by atoms with Crippen molar-refractivity contribution in [2.24, 2.45) is 0 Å². The molecule has 0 N–H and O–H groups in total. The summed E-state index contributed by atoms with van der Waals surface area (Å²) in [6.07, 6.45) is -0.348. The standard InChI is InChI=1S/C21H27N3O5/c1-5-27-21(26)24-10-8-23(9-11-24)20(25)19-17(16(4)29-22-19)13-28-18-7-6-14(2)12-15(18)3/h6-7,12H,5,8-11,13H2,1-4H3. The Kier molecular flexibility index (Phi) is 6.41. The molecule has 0 aliphatic carbocycles. The largest absolute Gasteiger partial charge is 0.488 e. The van der Waals surface area contributed by atoms with Crippen LogP contribution in [0.15, 0.2) is 22.7 Å². The zero-order chi connectivity index (χ0) is 21.0. The van der Waals surface area contributed by atoms with Crippen molar-refractivity contribution in [3.05, 3.63) is 46.3 Å². The minimum atomic E-state index is -0.348. The van der Waals surface area contributed by atoms with Gasteiger partial charge in [-0.25, -0.2) is 4.79 Å². The molecule has 1 aromatic heterocycles. The summed E-state index contributed by atoms with van der Waals surface area (Å²) in [5, 5.41) is 3.97. The first kappa shape index (κ1) is 20.7. The van der Waals surface area contributed by atoms with Crippen LogP contribution in [0.1, 0.15) is 39.9 Å². The van der Waals surface area contributed by atoms with E-state index in [0.29, 0.717) is 44.1 Å². The Balaban J connectivity index is 1.66. The molecule has 0 saturated carbocycles. The lowest BCUT2D eigenvalue weighted by atomic mass is 10.1. The van der Waals surface area contributed by atoms with Crippen LogP contribution in [-0.4, -0.2) is 59.7 Å². The van der Waals surface area contributed by atoms with E-state index in [9.17, 15) is 9.59 Å². The van der Waals surface area contributed by atoms with Gasteiger partial charge in [0.05, 0.1) is 12.2 Å². The first-order valence-corrected chi connectivity index (χ1v) is 9.76. The molecule has 1 aromatic carbocycles. The molecule has 0 bridgehead atoms. The first-order chi connectivity index (χ1) is 13.9. The summed E-state index contributed by atoms with van der Waals surface area (Å²) in [4.78, 5) is 28.1. The SMILES string of the molecule is CCOC(=O)N1CCN(C(=O)c2noc(C)c2COc2ccc(C)cc2C)CC1. The van der Waals surface area contributed by atoms with Crippen LogP contribution < -0.4 is 4.74 Å². The quantitative estimate of drug-likeness (QED) is 0.765. The maximum absolute atomic E-state index is 13.0. The Hall–Kier alpha value is -3.03. The smallest absolute Gasteiger partial charge is 0.409 e. The number of carbonyl (C=O) groups excluding carboxylic acids is 2. The molecule has 156 valence electrons. The zero-order valence-corrected chi connectivity index (χ0v) is 17.4. The number of benzene rings is 1. The van der Waals surface area contributed by atoms with Crippen molar-refractivity contribution in [2.75, 3.05) is 32.8 Å². The Morgan fingerprint density at radius 2 is 1.79 bits per heavy atom. The van der Waals surface area contributed by atoms with Gasteiger partial charge in [-0.3, -0.25) is 4.79 Å². The van der Waals surface area contributed by atoms with Crippen molar-refractivity contribution in [1.29, 1.82) is 0 Å². The minimum absolute atomic E-state index is 0.198. The summed E-state index contributed by atoms with van der Waals surface area (Å²) in [6.45, 7) is 9.77. The molecule has 2 heterocycles. The monoisotopic (exact) mass is 401 g/mol. The highest BCUT2D eigenvalue weighted by Crippen LogP contribution is 2.23. The van der Waals surface area contributed by atoms with Gasteiger partial charge in [0.25, 0.3) is 5.91 Å². The van der Waals surface area contributed by atoms with Crippen molar-refractivity contribution in [3.8, 4) is 5.75 Å². The second-order valence-corrected chi connectivity index (χ2v) is 7.10. The maximum Gasteiger partial charge on any atom is 0.409 e. The van der Waals surface area contributed by atoms with Gasteiger partial charge < -0.3 is 23.8 Å². The molecule has 8 heteroatoms. The number of rotatable bonds is 5. The molecular formula is C21H27N3O5. The van der Waals surface area contributed by atoms with Gasteiger partial charge in [0.2, 0.25) is 0 Å². The zero-order valence-electron chi connectivity index (χ0n) is 17.4. The van der Waals surface area contributed by atoms with E-state index in [1.807, 2.05) is 32.0 Å². The van der Waals surface area contributed by atoms with Gasteiger partial charge in [0, 0.05) is 26.2 Å². The maximum atomic E-state index is 13.0. The Morgan fingerprint density at radius 1 is 1.10 bits per heavy atom. The van der Waals surface area contributed by atoms with E-state index in [1.54, 1.807) is 23.6 Å². The highest BCUT2D eigenvalue weighted by Gasteiger charge is 2.29. The van der Waals surface area contributed by atoms with Crippen LogP contribution in [0.3, 0.4) is 0 Å². The van der Waals surface area contributed by atoms with Crippen LogP contribution in [-0.2, 0) is 11.3 Å². The van der Waals surface area contributed by atoms with E-state index in [4.69, 9.17) is 14.0 Å². The molecule has 29 heavy (non-hydrogen) atoms. The van der Waals surface area contributed by atoms with Crippen LogP contribution in [0, 0.1) is 20.8 Å². The topological polar surface area (TPSA) is 85.1 Å². The van der Waals surface area contributed by atoms with Crippen molar-refractivity contribution in [2.45, 2.75) is 34.3 Å². The molecule has 1 aliphatic heterocycles. The Bertz CT molecular complexity index is 884. The molecule has 0 atom stereocenters. The molecule has 1 fully saturated rings. The van der Waals surface area contributed by atoms with Gasteiger partial charge in [0.1, 0.15) is 18.1 Å². The van der Waals surface area contributed by atoms with Crippen LogP contribution >= 0.6 is 0 Å². The molecule has 1 saturated heterocycles. The highest BCUT2D eigenvalue weighted by molar-refractivity contribution is 5.94. The van der Waals surface area contributed by atoms with Gasteiger partial charge in [-0.2, -0.15) is 0 Å². The molecule has 1 aliphatic rings. The summed E-state index contributed by atoms with van der Waals surface area (Å²) < 4.78 is 16.2. The van der Waals surface area contributed by atoms with Crippen molar-refractivity contribution < 1.29 is 23.6 Å². The van der Waals surface area contributed by atoms with E-state index in [-0.39, 0.29) is 24.3 Å². The lowest BCUT2D eigenvalue weighted by Crippen LogP contribution is -2.51. The lowest BCUT2D eigenvalue weighted by molar-refractivity contribution is 0.0560. The minimum Gasteiger partial charge on any atom is -0.488 e. The van der Waals surface area contributed by atoms with Gasteiger partial charge >= 0.3 is 6.09 Å². The molecule has 2 aromatic rings. The molecule has 0 unspecified atom stereocenters. The average molecular weight is 401 g/mol. The third kappa shape index (κ3) is 4.70. The predicted octanol–water partition coefficient (Wildman–Crippen LogP) is 3.09. The molecule has 8 nitrogen and oxygen atoms in total. The molecule has 3 rings (SSSR count). The normalized spacial score (nSPS) is 14.1. The van der Waals surface area contributed by atoms with Crippen LogP contribution in [0.5, 0.6) is 5.75 Å². The number of nitrogens with zero attached hydrogens (tertiary/aromatic N) is 3. The van der Waals surface area contributed by atoms with E-state index < -0.39 is 0 Å². The predicted molar refractivity (Wildman–Crippen MR) is 106 cm³/mol. The van der Waals surface area contributed by atoms with E-state index in [1.165, 1.54) is 0 Å². The number of aryl methyl sites for hydroxylation is 3. The fourth-order valence-corrected chi connectivity index (χ4v) is 3.30. The summed E-state index contributed by atoms with van der Waals surface area (Å²) in [7, 11) is 0. The summed E-state index contributed by atoms with van der Waals surface area (Å²) in [5.74, 6) is 1.10. The van der Waals surface area contributed by atoms with Gasteiger partial charge in [-0.15, -0.1) is 0 Å². The highest BCUT2D eigenvalue weighted by atomic mass is 16.6. The number of aromatic nitrogens is 1. The average Bonchev–Trinajstić information content (AvgIpc) is 3.07. The van der Waals surface area contributed by atoms with Crippen LogP contribution in [0.25, 0.3) is 0 Å². The molecular weight excluding hydrogens is 374 g/mol. The number of piperazine rings is 1. The first-order valence-electron chi connectivity index (χ1n) is 9.76. The van der Waals surface area contributed by atoms with Crippen molar-refractivity contribution in [1.82, 2.24) is 15.0 Å². The number of carbonyl (C=O) groups is 2. The Morgan fingerprint density at radius 3 is 2.45 bits per heavy atom. The van der Waals surface area contributed by atoms with Crippen molar-refractivity contribution >= 4 is 12.0 Å². The van der Waals surface area contributed by atoms with Crippen molar-refractivity contribution in [3.63, 3.8) is 0 Å². The van der Waals surface area contributed by atoms with E-state index in [0.717, 1.165) is 16.9 Å². The third-order valence-electron chi connectivity index (χ3n) is 4.98. The van der Waals surface area contributed by atoms with Crippen LogP contribution in [0.2, 0.25) is 0 Å². The number of hydrogen-bond acceptors (Lipinski definition) is 6. The van der Waals surface area contributed by atoms with E-state index >= 15 is 0 Å². The van der Waals surface area contributed by atoms with Gasteiger partial charge in [-0.1, -0.05) is 22.9 Å². The summed E-state index contributed by atoms with van der Waals surface area (Å²) >= 11 is 0. The fourth-order valence-electron chi connectivity index (χ4n) is 3.30. The fraction of sp³-hybridized carbons (Fsp3) is 0.476. The third-order valence-corrected chi connectivity index (χ3v) is 4.98. The van der Waals surface area contributed by atoms with Crippen LogP contribution in [0.4, 0.5) is 4.79 Å². The molecule has 2 amide bonds.